The van der Waals surface area contributed by atoms with E-state index in [0.717, 1.165) is 38.7 Å². The van der Waals surface area contributed by atoms with Crippen molar-refractivity contribution >= 4 is 0 Å². The Hall–Kier alpha value is -0.120. The lowest BCUT2D eigenvalue weighted by Crippen LogP contribution is -2.24. The molecule has 1 saturated carbocycles. The molecule has 1 aliphatic heterocycles. The van der Waals surface area contributed by atoms with Crippen LogP contribution in [0.5, 0.6) is 0 Å². The fourth-order valence-electron chi connectivity index (χ4n) is 1.57. The molecule has 1 atom stereocenters. The molecule has 0 bridgehead atoms. The number of ether oxygens (including phenoxy) is 2. The second kappa shape index (κ2) is 4.94. The fourth-order valence-corrected chi connectivity index (χ4v) is 1.57. The van der Waals surface area contributed by atoms with Crippen molar-refractivity contribution in [2.45, 2.75) is 25.4 Å². The monoisotopic (exact) mass is 185 g/mol. The molecule has 1 heterocycles. The lowest BCUT2D eigenvalue weighted by Gasteiger charge is -2.09. The average molecular weight is 185 g/mol. The van der Waals surface area contributed by atoms with Gasteiger partial charge in [-0.05, 0) is 31.7 Å². The molecule has 0 radical (unpaired) electrons. The predicted molar refractivity (Wildman–Crippen MR) is 50.8 cm³/mol. The van der Waals surface area contributed by atoms with Gasteiger partial charge in [0, 0.05) is 13.2 Å². The summed E-state index contributed by atoms with van der Waals surface area (Å²) in [5.41, 5.74) is 0. The van der Waals surface area contributed by atoms with E-state index in [-0.39, 0.29) is 0 Å². The van der Waals surface area contributed by atoms with Crippen LogP contribution in [0.1, 0.15) is 19.3 Å². The first kappa shape index (κ1) is 9.44. The summed E-state index contributed by atoms with van der Waals surface area (Å²) in [4.78, 5) is 0. The van der Waals surface area contributed by atoms with Crippen LogP contribution in [-0.2, 0) is 9.47 Å². The zero-order valence-electron chi connectivity index (χ0n) is 8.13. The number of hydrogen-bond acceptors (Lipinski definition) is 3. The maximum absolute atomic E-state index is 5.62. The minimum atomic E-state index is 0.364. The molecule has 0 aromatic rings. The molecular formula is C10H19NO2. The molecule has 1 aliphatic carbocycles. The van der Waals surface area contributed by atoms with Crippen molar-refractivity contribution in [3.8, 4) is 0 Å². The van der Waals surface area contributed by atoms with Crippen molar-refractivity contribution in [3.05, 3.63) is 0 Å². The first-order valence-electron chi connectivity index (χ1n) is 5.35. The lowest BCUT2D eigenvalue weighted by atomic mass is 10.3. The van der Waals surface area contributed by atoms with Gasteiger partial charge < -0.3 is 14.8 Å². The third-order valence-corrected chi connectivity index (χ3v) is 2.65. The molecule has 0 spiro atoms. The van der Waals surface area contributed by atoms with Crippen LogP contribution in [0.4, 0.5) is 0 Å². The maximum Gasteiger partial charge on any atom is 0.0831 e. The minimum Gasteiger partial charge on any atom is -0.379 e. The summed E-state index contributed by atoms with van der Waals surface area (Å²) >= 11 is 0. The summed E-state index contributed by atoms with van der Waals surface area (Å²) in [6.45, 7) is 4.68. The highest BCUT2D eigenvalue weighted by Gasteiger charge is 2.20. The van der Waals surface area contributed by atoms with Crippen LogP contribution in [0.15, 0.2) is 0 Å². The fraction of sp³-hybridized carbons (Fsp3) is 1.00. The Bertz CT molecular complexity index is 142. The van der Waals surface area contributed by atoms with Gasteiger partial charge in [-0.2, -0.15) is 0 Å². The Balaban J connectivity index is 1.39. The highest BCUT2D eigenvalue weighted by Crippen LogP contribution is 2.27. The second-order valence-electron chi connectivity index (χ2n) is 4.00. The van der Waals surface area contributed by atoms with Crippen LogP contribution in [-0.4, -0.2) is 39.0 Å². The summed E-state index contributed by atoms with van der Waals surface area (Å²) in [6, 6.07) is 0. The predicted octanol–water partition coefficient (Wildman–Crippen LogP) is 0.791. The van der Waals surface area contributed by atoms with Crippen molar-refractivity contribution in [1.29, 1.82) is 0 Å². The van der Waals surface area contributed by atoms with Crippen molar-refractivity contribution in [3.63, 3.8) is 0 Å². The van der Waals surface area contributed by atoms with Gasteiger partial charge in [0.15, 0.2) is 0 Å². The molecule has 0 aromatic carbocycles. The third kappa shape index (κ3) is 3.63. The van der Waals surface area contributed by atoms with E-state index < -0.39 is 0 Å². The Kier molecular flexibility index (Phi) is 3.58. The molecular weight excluding hydrogens is 166 g/mol. The lowest BCUT2D eigenvalue weighted by molar-refractivity contribution is 0.0445. The van der Waals surface area contributed by atoms with Crippen LogP contribution in [0.3, 0.4) is 0 Å². The van der Waals surface area contributed by atoms with Crippen LogP contribution < -0.4 is 5.32 Å². The van der Waals surface area contributed by atoms with E-state index in [1.807, 2.05) is 0 Å². The quantitative estimate of drug-likeness (QED) is 0.621. The Labute approximate surface area is 79.8 Å². The van der Waals surface area contributed by atoms with Crippen LogP contribution in [0, 0.1) is 5.92 Å². The molecule has 3 nitrogen and oxygen atoms in total. The highest BCUT2D eigenvalue weighted by molar-refractivity contribution is 4.75. The van der Waals surface area contributed by atoms with E-state index in [2.05, 4.69) is 5.32 Å². The molecule has 1 saturated heterocycles. The molecule has 0 amide bonds. The van der Waals surface area contributed by atoms with Gasteiger partial charge in [-0.1, -0.05) is 0 Å². The molecule has 13 heavy (non-hydrogen) atoms. The SMILES string of the molecule is C(COC1CCOC1)NCC1CC1. The molecule has 1 unspecified atom stereocenters. The van der Waals surface area contributed by atoms with Gasteiger partial charge in [-0.15, -0.1) is 0 Å². The number of rotatable bonds is 6. The van der Waals surface area contributed by atoms with E-state index in [4.69, 9.17) is 9.47 Å². The molecule has 0 aromatic heterocycles. The van der Waals surface area contributed by atoms with E-state index in [1.54, 1.807) is 0 Å². The Morgan fingerprint density at radius 1 is 1.31 bits per heavy atom. The standard InChI is InChI=1S/C10H19NO2/c1-2-9(1)7-11-4-6-13-10-3-5-12-8-10/h9-11H,1-8H2. The zero-order valence-corrected chi connectivity index (χ0v) is 8.13. The van der Waals surface area contributed by atoms with Crippen LogP contribution in [0.25, 0.3) is 0 Å². The minimum absolute atomic E-state index is 0.364. The topological polar surface area (TPSA) is 30.5 Å². The highest BCUT2D eigenvalue weighted by atomic mass is 16.5. The van der Waals surface area contributed by atoms with Crippen molar-refractivity contribution < 1.29 is 9.47 Å². The van der Waals surface area contributed by atoms with E-state index >= 15 is 0 Å². The summed E-state index contributed by atoms with van der Waals surface area (Å²) in [5, 5.41) is 3.41. The first-order chi connectivity index (χ1) is 6.45. The van der Waals surface area contributed by atoms with Crippen molar-refractivity contribution in [1.82, 2.24) is 5.32 Å². The van der Waals surface area contributed by atoms with Gasteiger partial charge in [-0.3, -0.25) is 0 Å². The van der Waals surface area contributed by atoms with Gasteiger partial charge in [-0.25, -0.2) is 0 Å². The number of hydrogen-bond donors (Lipinski definition) is 1. The van der Waals surface area contributed by atoms with Gasteiger partial charge in [0.2, 0.25) is 0 Å². The molecule has 2 aliphatic rings. The smallest absolute Gasteiger partial charge is 0.0831 e. The molecule has 2 fully saturated rings. The van der Waals surface area contributed by atoms with Gasteiger partial charge in [0.05, 0.1) is 19.3 Å². The second-order valence-corrected chi connectivity index (χ2v) is 4.00. The molecule has 3 heteroatoms. The molecule has 1 N–H and O–H groups in total. The number of nitrogens with one attached hydrogen (secondary N) is 1. The van der Waals surface area contributed by atoms with Crippen molar-refractivity contribution in [2.24, 2.45) is 5.92 Å². The van der Waals surface area contributed by atoms with Crippen molar-refractivity contribution in [2.75, 3.05) is 32.9 Å². The largest absolute Gasteiger partial charge is 0.379 e. The Morgan fingerprint density at radius 2 is 2.23 bits per heavy atom. The van der Waals surface area contributed by atoms with Gasteiger partial charge in [0.25, 0.3) is 0 Å². The Morgan fingerprint density at radius 3 is 2.92 bits per heavy atom. The summed E-state index contributed by atoms with van der Waals surface area (Å²) in [7, 11) is 0. The zero-order chi connectivity index (χ0) is 8.93. The maximum atomic E-state index is 5.62. The van der Waals surface area contributed by atoms with E-state index in [9.17, 15) is 0 Å². The first-order valence-corrected chi connectivity index (χ1v) is 5.35. The van der Waals surface area contributed by atoms with Crippen LogP contribution in [0.2, 0.25) is 0 Å². The third-order valence-electron chi connectivity index (χ3n) is 2.65. The average Bonchev–Trinajstić information content (AvgIpc) is 2.81. The normalized spacial score (nSPS) is 28.2. The van der Waals surface area contributed by atoms with Gasteiger partial charge >= 0.3 is 0 Å². The summed E-state index contributed by atoms with van der Waals surface area (Å²) in [6.07, 6.45) is 4.28. The van der Waals surface area contributed by atoms with E-state index in [1.165, 1.54) is 19.4 Å². The van der Waals surface area contributed by atoms with Gasteiger partial charge in [0.1, 0.15) is 0 Å². The molecule has 76 valence electrons. The summed E-state index contributed by atoms with van der Waals surface area (Å²) < 4.78 is 10.8. The van der Waals surface area contributed by atoms with Crippen LogP contribution >= 0.6 is 0 Å². The molecule has 2 rings (SSSR count). The van der Waals surface area contributed by atoms with E-state index in [0.29, 0.717) is 6.10 Å². The summed E-state index contributed by atoms with van der Waals surface area (Å²) in [5.74, 6) is 0.967.